The molecule has 0 bridgehead atoms. The van der Waals surface area contributed by atoms with Crippen molar-refractivity contribution in [3.63, 3.8) is 0 Å². The highest BCUT2D eigenvalue weighted by atomic mass is 19.1. The van der Waals surface area contributed by atoms with Gasteiger partial charge in [-0.25, -0.2) is 14.4 Å². The molecule has 1 amide bonds. The van der Waals surface area contributed by atoms with E-state index in [9.17, 15) is 9.18 Å². The number of hydrogen-bond donors (Lipinski definition) is 1. The molecule has 0 spiro atoms. The molecule has 1 saturated carbocycles. The minimum absolute atomic E-state index is 0.0333. The lowest BCUT2D eigenvalue weighted by Crippen LogP contribution is -2.36. The summed E-state index contributed by atoms with van der Waals surface area (Å²) >= 11 is 0. The molecular weight excluding hydrogens is 361 g/mol. The number of rotatable bonds is 4. The van der Waals surface area contributed by atoms with Gasteiger partial charge in [0.1, 0.15) is 0 Å². The Balaban J connectivity index is 1.51. The maximum Gasteiger partial charge on any atom is 0.265 e. The second-order valence-corrected chi connectivity index (χ2v) is 7.48. The van der Waals surface area contributed by atoms with Crippen LogP contribution >= 0.6 is 0 Å². The summed E-state index contributed by atoms with van der Waals surface area (Å²) in [6.07, 6.45) is 5.84. The topological polar surface area (TPSA) is 72.3 Å². The van der Waals surface area contributed by atoms with Crippen LogP contribution in [0.3, 0.4) is 0 Å². The Hall–Kier alpha value is -3.16. The van der Waals surface area contributed by atoms with Crippen molar-refractivity contribution in [3.8, 4) is 5.75 Å². The zero-order chi connectivity index (χ0) is 19.4. The lowest BCUT2D eigenvalue weighted by Gasteiger charge is -2.25. The standard InChI is InChI=1S/C20H20FN5O2/c1-11-18(21)14(6-15-19(11)23-10-26(15)8-12-3-4-12)24-13-5-16-20(22-7-13)25(2)17(27)9-28-16/h5-7,10,12,24H,3-4,8-9H2,1-2H3. The van der Waals surface area contributed by atoms with Crippen molar-refractivity contribution < 1.29 is 13.9 Å². The number of likely N-dealkylation sites (N-methyl/N-ethyl adjacent to an activating group) is 1. The summed E-state index contributed by atoms with van der Waals surface area (Å²) < 4.78 is 22.5. The van der Waals surface area contributed by atoms with Gasteiger partial charge in [-0.2, -0.15) is 0 Å². The molecule has 28 heavy (non-hydrogen) atoms. The van der Waals surface area contributed by atoms with Crippen LogP contribution in [0.25, 0.3) is 11.0 Å². The molecule has 1 aromatic carbocycles. The predicted octanol–water partition coefficient (Wildman–Crippen LogP) is 3.39. The Kier molecular flexibility index (Phi) is 3.75. The predicted molar refractivity (Wildman–Crippen MR) is 104 cm³/mol. The van der Waals surface area contributed by atoms with Crippen molar-refractivity contribution in [2.75, 3.05) is 23.9 Å². The van der Waals surface area contributed by atoms with Gasteiger partial charge in [0, 0.05) is 25.2 Å². The Morgan fingerprint density at radius 3 is 2.93 bits per heavy atom. The van der Waals surface area contributed by atoms with Crippen LogP contribution in [0, 0.1) is 18.7 Å². The molecular formula is C20H20FN5O2. The van der Waals surface area contributed by atoms with Gasteiger partial charge in [-0.1, -0.05) is 0 Å². The van der Waals surface area contributed by atoms with Crippen LogP contribution in [0.15, 0.2) is 24.7 Å². The van der Waals surface area contributed by atoms with Crippen LogP contribution in [-0.2, 0) is 11.3 Å². The summed E-state index contributed by atoms with van der Waals surface area (Å²) in [6, 6.07) is 3.52. The number of hydrogen-bond acceptors (Lipinski definition) is 5. The van der Waals surface area contributed by atoms with Gasteiger partial charge in [-0.15, -0.1) is 0 Å². The fraction of sp³-hybridized carbons (Fsp3) is 0.350. The summed E-state index contributed by atoms with van der Waals surface area (Å²) in [7, 11) is 1.65. The molecule has 7 nitrogen and oxygen atoms in total. The molecule has 1 N–H and O–H groups in total. The SMILES string of the molecule is Cc1c(F)c(Nc2cnc3c(c2)OCC(=O)N3C)cc2c1ncn2CC1CC1. The number of amides is 1. The molecule has 0 unspecified atom stereocenters. The number of ether oxygens (including phenoxy) is 1. The van der Waals surface area contributed by atoms with Crippen molar-refractivity contribution in [2.45, 2.75) is 26.3 Å². The fourth-order valence-corrected chi connectivity index (χ4v) is 3.53. The zero-order valence-corrected chi connectivity index (χ0v) is 15.7. The van der Waals surface area contributed by atoms with Crippen LogP contribution in [0.5, 0.6) is 5.75 Å². The highest BCUT2D eigenvalue weighted by Gasteiger charge is 2.25. The van der Waals surface area contributed by atoms with Gasteiger partial charge in [0.15, 0.2) is 24.0 Å². The number of pyridine rings is 1. The third kappa shape index (κ3) is 2.76. The van der Waals surface area contributed by atoms with Gasteiger partial charge in [0.25, 0.3) is 5.91 Å². The summed E-state index contributed by atoms with van der Waals surface area (Å²) in [6.45, 7) is 2.62. The third-order valence-electron chi connectivity index (χ3n) is 5.39. The van der Waals surface area contributed by atoms with E-state index in [1.54, 1.807) is 38.6 Å². The van der Waals surface area contributed by atoms with E-state index in [0.29, 0.717) is 39.9 Å². The number of fused-ring (bicyclic) bond motifs is 2. The van der Waals surface area contributed by atoms with E-state index in [1.165, 1.54) is 17.7 Å². The smallest absolute Gasteiger partial charge is 0.265 e. The molecule has 2 aliphatic rings. The molecule has 0 saturated heterocycles. The number of imidazole rings is 1. The minimum atomic E-state index is -0.338. The Bertz CT molecular complexity index is 1110. The van der Waals surface area contributed by atoms with Crippen molar-refractivity contribution in [1.82, 2.24) is 14.5 Å². The number of anilines is 3. The largest absolute Gasteiger partial charge is 0.480 e. The number of aromatic nitrogens is 3. The average Bonchev–Trinajstić information content (AvgIpc) is 3.42. The van der Waals surface area contributed by atoms with Crippen molar-refractivity contribution in [3.05, 3.63) is 36.0 Å². The Morgan fingerprint density at radius 1 is 1.32 bits per heavy atom. The summed E-state index contributed by atoms with van der Waals surface area (Å²) in [4.78, 5) is 21.9. The van der Waals surface area contributed by atoms with E-state index in [4.69, 9.17) is 4.74 Å². The van der Waals surface area contributed by atoms with Gasteiger partial charge in [0.05, 0.1) is 34.9 Å². The van der Waals surface area contributed by atoms with Crippen LogP contribution in [0.4, 0.5) is 21.6 Å². The minimum Gasteiger partial charge on any atom is -0.480 e. The molecule has 3 heterocycles. The number of benzene rings is 1. The molecule has 2 aromatic heterocycles. The fourth-order valence-electron chi connectivity index (χ4n) is 3.53. The highest BCUT2D eigenvalue weighted by Crippen LogP contribution is 2.35. The molecule has 0 atom stereocenters. The first-order chi connectivity index (χ1) is 13.5. The van der Waals surface area contributed by atoms with Gasteiger partial charge in [0.2, 0.25) is 0 Å². The molecule has 5 rings (SSSR count). The number of aryl methyl sites for hydroxylation is 1. The molecule has 1 aliphatic carbocycles. The van der Waals surface area contributed by atoms with E-state index < -0.39 is 0 Å². The molecule has 8 heteroatoms. The average molecular weight is 381 g/mol. The lowest BCUT2D eigenvalue weighted by molar-refractivity contribution is -0.121. The summed E-state index contributed by atoms with van der Waals surface area (Å²) in [5, 5.41) is 3.11. The maximum atomic E-state index is 14.9. The van der Waals surface area contributed by atoms with E-state index in [0.717, 1.165) is 12.1 Å². The normalized spacial score (nSPS) is 16.2. The number of nitrogens with one attached hydrogen (secondary N) is 1. The monoisotopic (exact) mass is 381 g/mol. The number of halogens is 1. The third-order valence-corrected chi connectivity index (χ3v) is 5.39. The number of carbonyl (C=O) groups is 1. The Morgan fingerprint density at radius 2 is 2.14 bits per heavy atom. The number of carbonyl (C=O) groups excluding carboxylic acids is 1. The molecule has 0 radical (unpaired) electrons. The molecule has 1 fully saturated rings. The summed E-state index contributed by atoms with van der Waals surface area (Å²) in [5.41, 5.74) is 3.08. The van der Waals surface area contributed by atoms with Crippen LogP contribution in [0.2, 0.25) is 0 Å². The van der Waals surface area contributed by atoms with Gasteiger partial charge >= 0.3 is 0 Å². The highest BCUT2D eigenvalue weighted by molar-refractivity contribution is 5.96. The second-order valence-electron chi connectivity index (χ2n) is 7.48. The first kappa shape index (κ1) is 17.0. The molecule has 3 aromatic rings. The zero-order valence-electron chi connectivity index (χ0n) is 15.7. The first-order valence-electron chi connectivity index (χ1n) is 9.31. The quantitative estimate of drug-likeness (QED) is 0.750. The maximum absolute atomic E-state index is 14.9. The number of nitrogens with zero attached hydrogens (tertiary/aromatic N) is 4. The van der Waals surface area contributed by atoms with E-state index in [1.807, 2.05) is 0 Å². The van der Waals surface area contributed by atoms with Crippen LogP contribution in [0.1, 0.15) is 18.4 Å². The van der Waals surface area contributed by atoms with E-state index in [2.05, 4.69) is 19.9 Å². The van der Waals surface area contributed by atoms with Gasteiger partial charge in [-0.05, 0) is 31.7 Å². The second kappa shape index (κ2) is 6.19. The van der Waals surface area contributed by atoms with Gasteiger partial charge in [-0.3, -0.25) is 9.69 Å². The summed E-state index contributed by atoms with van der Waals surface area (Å²) in [5.74, 6) is 1.15. The van der Waals surface area contributed by atoms with Crippen molar-refractivity contribution >= 4 is 34.1 Å². The van der Waals surface area contributed by atoms with Gasteiger partial charge < -0.3 is 14.6 Å². The lowest BCUT2D eigenvalue weighted by atomic mass is 10.1. The molecule has 1 aliphatic heterocycles. The van der Waals surface area contributed by atoms with E-state index >= 15 is 0 Å². The van der Waals surface area contributed by atoms with Crippen LogP contribution < -0.4 is 15.0 Å². The van der Waals surface area contributed by atoms with Crippen LogP contribution in [-0.4, -0.2) is 34.1 Å². The van der Waals surface area contributed by atoms with E-state index in [-0.39, 0.29) is 18.3 Å². The van der Waals surface area contributed by atoms with Crippen molar-refractivity contribution in [1.29, 1.82) is 0 Å². The van der Waals surface area contributed by atoms with Crippen molar-refractivity contribution in [2.24, 2.45) is 5.92 Å². The Labute approximate surface area is 161 Å². The first-order valence-corrected chi connectivity index (χ1v) is 9.31. The molecule has 144 valence electrons.